The van der Waals surface area contributed by atoms with Crippen molar-refractivity contribution in [3.05, 3.63) is 0 Å². The third-order valence-electron chi connectivity index (χ3n) is 3.23. The molecule has 2 saturated carbocycles. The molecule has 0 aromatic heterocycles. The number of hydrogen-bond acceptors (Lipinski definition) is 4. The van der Waals surface area contributed by atoms with E-state index in [9.17, 15) is 9.59 Å². The number of carbonyl (C=O) groups excluding carboxylic acids is 2. The number of rotatable bonds is 2. The predicted molar refractivity (Wildman–Crippen MR) is 74.9 cm³/mol. The topological polar surface area (TPSA) is 52.6 Å². The van der Waals surface area contributed by atoms with E-state index in [4.69, 9.17) is 0 Å². The molecule has 0 aromatic rings. The second-order valence-corrected chi connectivity index (χ2v) is 7.17. The zero-order valence-electron chi connectivity index (χ0n) is 10.5. The van der Waals surface area contributed by atoms with Crippen molar-refractivity contribution in [1.29, 1.82) is 0 Å². The van der Waals surface area contributed by atoms with E-state index in [0.717, 1.165) is 25.7 Å². The van der Waals surface area contributed by atoms with Crippen molar-refractivity contribution in [3.8, 4) is 0 Å². The van der Waals surface area contributed by atoms with E-state index in [0.29, 0.717) is 9.65 Å². The Morgan fingerprint density at radius 2 is 1.11 bits per heavy atom. The summed E-state index contributed by atoms with van der Waals surface area (Å²) < 4.78 is 9.09. The molecule has 2 aliphatic carbocycles. The molecule has 4 nitrogen and oxygen atoms in total. The molecule has 0 saturated heterocycles. The van der Waals surface area contributed by atoms with Crippen LogP contribution < -0.4 is 0 Å². The summed E-state index contributed by atoms with van der Waals surface area (Å²) in [5.41, 5.74) is 0. The molecule has 0 aliphatic heterocycles. The van der Waals surface area contributed by atoms with Crippen molar-refractivity contribution in [2.24, 2.45) is 11.8 Å². The smallest absolute Gasteiger partial charge is 0.308 e. The van der Waals surface area contributed by atoms with Crippen LogP contribution in [0.1, 0.15) is 25.7 Å². The highest BCUT2D eigenvalue weighted by molar-refractivity contribution is 9.09. The van der Waals surface area contributed by atoms with Crippen LogP contribution in [-0.2, 0) is 19.1 Å². The van der Waals surface area contributed by atoms with Gasteiger partial charge in [-0.1, -0.05) is 31.9 Å². The molecular formula is C12H18Br2O4. The first-order valence-electron chi connectivity index (χ1n) is 5.91. The highest BCUT2D eigenvalue weighted by Crippen LogP contribution is 2.34. The van der Waals surface area contributed by atoms with Crippen molar-refractivity contribution >= 4 is 43.8 Å². The van der Waals surface area contributed by atoms with Gasteiger partial charge in [0, 0.05) is 9.65 Å². The lowest BCUT2D eigenvalue weighted by Crippen LogP contribution is -2.31. The second kappa shape index (κ2) is 7.48. The summed E-state index contributed by atoms with van der Waals surface area (Å²) in [6.45, 7) is 0. The SMILES string of the molecule is COC(=O)C1CC(Br)C1.COC(=O)C1CC(Br)C1. The fraction of sp³-hybridized carbons (Fsp3) is 0.833. The van der Waals surface area contributed by atoms with Gasteiger partial charge < -0.3 is 9.47 Å². The molecule has 2 rings (SSSR count). The molecule has 104 valence electrons. The third-order valence-corrected chi connectivity index (χ3v) is 4.73. The minimum atomic E-state index is -0.0642. The van der Waals surface area contributed by atoms with Crippen LogP contribution in [0.2, 0.25) is 0 Å². The lowest BCUT2D eigenvalue weighted by molar-refractivity contribution is -0.148. The lowest BCUT2D eigenvalue weighted by atomic mass is 9.85. The van der Waals surface area contributed by atoms with Crippen LogP contribution in [0.3, 0.4) is 0 Å². The maximum atomic E-state index is 10.7. The van der Waals surface area contributed by atoms with E-state index in [1.165, 1.54) is 14.2 Å². The zero-order valence-corrected chi connectivity index (χ0v) is 13.7. The molecule has 0 heterocycles. The quantitative estimate of drug-likeness (QED) is 0.541. The van der Waals surface area contributed by atoms with Gasteiger partial charge in [-0.25, -0.2) is 0 Å². The fourth-order valence-corrected chi connectivity index (χ4v) is 3.62. The van der Waals surface area contributed by atoms with Gasteiger partial charge in [0.1, 0.15) is 0 Å². The van der Waals surface area contributed by atoms with Gasteiger partial charge in [0.05, 0.1) is 26.1 Å². The Hall–Kier alpha value is -0.100. The van der Waals surface area contributed by atoms with Crippen molar-refractivity contribution < 1.29 is 19.1 Å². The number of alkyl halides is 2. The Kier molecular flexibility index (Phi) is 6.63. The monoisotopic (exact) mass is 384 g/mol. The first-order chi connectivity index (χ1) is 8.47. The average Bonchev–Trinajstić information content (AvgIpc) is 2.30. The summed E-state index contributed by atoms with van der Waals surface area (Å²) in [6, 6.07) is 0. The van der Waals surface area contributed by atoms with Gasteiger partial charge in [-0.15, -0.1) is 0 Å². The third kappa shape index (κ3) is 4.53. The van der Waals surface area contributed by atoms with Crippen LogP contribution in [0.4, 0.5) is 0 Å². The lowest BCUT2D eigenvalue weighted by Gasteiger charge is -2.28. The molecule has 0 unspecified atom stereocenters. The summed E-state index contributed by atoms with van der Waals surface area (Å²) >= 11 is 6.78. The van der Waals surface area contributed by atoms with Crippen molar-refractivity contribution in [3.63, 3.8) is 0 Å². The van der Waals surface area contributed by atoms with Crippen LogP contribution in [0, 0.1) is 11.8 Å². The molecule has 2 aliphatic rings. The number of ether oxygens (including phenoxy) is 2. The Morgan fingerprint density at radius 1 is 0.833 bits per heavy atom. The molecule has 0 spiro atoms. The number of carbonyl (C=O) groups is 2. The standard InChI is InChI=1S/2C6H9BrO2/c2*1-9-6(8)4-2-5(7)3-4/h2*4-5H,2-3H2,1H3. The molecule has 0 N–H and O–H groups in total. The Morgan fingerprint density at radius 3 is 1.28 bits per heavy atom. The molecule has 0 radical (unpaired) electrons. The molecule has 0 atom stereocenters. The van der Waals surface area contributed by atoms with E-state index in [-0.39, 0.29) is 23.8 Å². The molecule has 0 aromatic carbocycles. The van der Waals surface area contributed by atoms with Crippen molar-refractivity contribution in [2.45, 2.75) is 35.3 Å². The number of hydrogen-bond donors (Lipinski definition) is 0. The van der Waals surface area contributed by atoms with E-state index in [2.05, 4.69) is 41.3 Å². The minimum absolute atomic E-state index is 0.0642. The van der Waals surface area contributed by atoms with E-state index in [1.807, 2.05) is 0 Å². The molecule has 6 heteroatoms. The summed E-state index contributed by atoms with van der Waals surface area (Å²) in [4.78, 5) is 22.5. The molecule has 2 fully saturated rings. The van der Waals surface area contributed by atoms with Gasteiger partial charge in [-0.2, -0.15) is 0 Å². The predicted octanol–water partition coefficient (Wildman–Crippen LogP) is 2.67. The first-order valence-corrected chi connectivity index (χ1v) is 7.74. The van der Waals surface area contributed by atoms with E-state index < -0.39 is 0 Å². The van der Waals surface area contributed by atoms with Crippen LogP contribution in [0.5, 0.6) is 0 Å². The minimum Gasteiger partial charge on any atom is -0.469 e. The second-order valence-electron chi connectivity index (χ2n) is 4.58. The number of esters is 2. The van der Waals surface area contributed by atoms with Crippen LogP contribution in [-0.4, -0.2) is 35.8 Å². The van der Waals surface area contributed by atoms with Gasteiger partial charge in [0.2, 0.25) is 0 Å². The highest BCUT2D eigenvalue weighted by atomic mass is 79.9. The Bertz CT molecular complexity index is 266. The van der Waals surface area contributed by atoms with Crippen LogP contribution in [0.25, 0.3) is 0 Å². The largest absolute Gasteiger partial charge is 0.469 e. The van der Waals surface area contributed by atoms with E-state index >= 15 is 0 Å². The normalized spacial score (nSPS) is 33.1. The van der Waals surface area contributed by atoms with Crippen LogP contribution >= 0.6 is 31.9 Å². The Balaban J connectivity index is 0.000000180. The Labute approximate surface area is 124 Å². The highest BCUT2D eigenvalue weighted by Gasteiger charge is 2.33. The summed E-state index contributed by atoms with van der Waals surface area (Å²) in [6.07, 6.45) is 3.75. The van der Waals surface area contributed by atoms with Gasteiger partial charge in [-0.3, -0.25) is 9.59 Å². The maximum Gasteiger partial charge on any atom is 0.308 e. The summed E-state index contributed by atoms with van der Waals surface area (Å²) in [5, 5.41) is 0. The molecular weight excluding hydrogens is 368 g/mol. The van der Waals surface area contributed by atoms with Gasteiger partial charge in [0.15, 0.2) is 0 Å². The molecule has 0 amide bonds. The fourth-order valence-electron chi connectivity index (χ4n) is 1.82. The van der Waals surface area contributed by atoms with Crippen LogP contribution in [0.15, 0.2) is 0 Å². The first kappa shape index (κ1) is 16.0. The number of methoxy groups -OCH3 is 2. The molecule has 18 heavy (non-hydrogen) atoms. The van der Waals surface area contributed by atoms with Crippen molar-refractivity contribution in [1.82, 2.24) is 0 Å². The number of halogens is 2. The average molecular weight is 386 g/mol. The summed E-state index contributed by atoms with van der Waals surface area (Å²) in [7, 11) is 2.87. The van der Waals surface area contributed by atoms with Gasteiger partial charge in [-0.05, 0) is 25.7 Å². The zero-order chi connectivity index (χ0) is 13.7. The van der Waals surface area contributed by atoms with Gasteiger partial charge in [0.25, 0.3) is 0 Å². The maximum absolute atomic E-state index is 10.7. The molecule has 0 bridgehead atoms. The van der Waals surface area contributed by atoms with E-state index in [1.54, 1.807) is 0 Å². The summed E-state index contributed by atoms with van der Waals surface area (Å²) in [5.74, 6) is 0.204. The van der Waals surface area contributed by atoms with Crippen molar-refractivity contribution in [2.75, 3.05) is 14.2 Å². The van der Waals surface area contributed by atoms with Gasteiger partial charge >= 0.3 is 11.9 Å².